The van der Waals surface area contributed by atoms with E-state index in [1.165, 1.54) is 18.4 Å². The van der Waals surface area contributed by atoms with Gasteiger partial charge >= 0.3 is 0 Å². The molecule has 0 N–H and O–H groups in total. The molecular weight excluding hydrogens is 337 g/mol. The Morgan fingerprint density at radius 2 is 1.91 bits per heavy atom. The molecular formula is C17H13ClFNO2S. The van der Waals surface area contributed by atoms with E-state index in [4.69, 9.17) is 16.0 Å². The third-order valence-corrected chi connectivity index (χ3v) is 4.68. The molecule has 23 heavy (non-hydrogen) atoms. The van der Waals surface area contributed by atoms with Gasteiger partial charge in [0.05, 0.1) is 11.4 Å². The van der Waals surface area contributed by atoms with Crippen molar-refractivity contribution in [1.82, 2.24) is 4.98 Å². The summed E-state index contributed by atoms with van der Waals surface area (Å²) < 4.78 is 30.5. The number of oxazole rings is 1. The molecule has 0 saturated heterocycles. The van der Waals surface area contributed by atoms with Crippen LogP contribution in [0.1, 0.15) is 11.3 Å². The average Bonchev–Trinajstić information content (AvgIpc) is 2.96. The van der Waals surface area contributed by atoms with Crippen LogP contribution in [-0.2, 0) is 22.3 Å². The van der Waals surface area contributed by atoms with Gasteiger partial charge < -0.3 is 4.42 Å². The molecule has 3 aromatic rings. The molecule has 1 atom stereocenters. The lowest BCUT2D eigenvalue weighted by molar-refractivity contribution is 0.572. The van der Waals surface area contributed by atoms with Crippen LogP contribution in [0.4, 0.5) is 4.39 Å². The topological polar surface area (TPSA) is 43.1 Å². The summed E-state index contributed by atoms with van der Waals surface area (Å²) in [5.74, 6) is 0.763. The van der Waals surface area contributed by atoms with Gasteiger partial charge in [0.25, 0.3) is 0 Å². The fraction of sp³-hybridized carbons (Fsp3) is 0.118. The van der Waals surface area contributed by atoms with Crippen LogP contribution < -0.4 is 0 Å². The maximum absolute atomic E-state index is 12.9. The molecule has 0 radical (unpaired) electrons. The largest absolute Gasteiger partial charge is 0.444 e. The number of halogens is 2. The molecule has 1 aromatic heterocycles. The second kappa shape index (κ2) is 7.06. The van der Waals surface area contributed by atoms with Crippen molar-refractivity contribution < 1.29 is 13.0 Å². The van der Waals surface area contributed by atoms with Crippen molar-refractivity contribution in [3.63, 3.8) is 0 Å². The van der Waals surface area contributed by atoms with Crippen molar-refractivity contribution in [3.05, 3.63) is 76.9 Å². The monoisotopic (exact) mass is 349 g/mol. The van der Waals surface area contributed by atoms with E-state index in [0.29, 0.717) is 27.9 Å². The number of hydrogen-bond acceptors (Lipinski definition) is 3. The van der Waals surface area contributed by atoms with Gasteiger partial charge in [-0.15, -0.1) is 0 Å². The first-order valence-corrected chi connectivity index (χ1v) is 8.76. The highest BCUT2D eigenvalue weighted by molar-refractivity contribution is 7.83. The van der Waals surface area contributed by atoms with E-state index in [9.17, 15) is 8.60 Å². The summed E-state index contributed by atoms with van der Waals surface area (Å²) in [7, 11) is -1.12. The molecule has 0 amide bonds. The highest BCUT2D eigenvalue weighted by Gasteiger charge is 2.10. The summed E-state index contributed by atoms with van der Waals surface area (Å²) in [6.45, 7) is 0. The van der Waals surface area contributed by atoms with E-state index in [1.54, 1.807) is 24.3 Å². The first kappa shape index (κ1) is 15.9. The lowest BCUT2D eigenvalue weighted by atomic mass is 10.2. The van der Waals surface area contributed by atoms with Gasteiger partial charge in [-0.25, -0.2) is 9.37 Å². The standard InChI is InChI=1S/C17H13ClFNO2S/c18-14-3-1-2-12(8-14)10-23(21)11-16-9-22-17(20-16)13-4-6-15(19)7-5-13/h1-9H,10-11H2/t23-/m1/s1. The lowest BCUT2D eigenvalue weighted by Gasteiger charge is -2.01. The number of benzene rings is 2. The Balaban J connectivity index is 1.66. The molecule has 0 fully saturated rings. The van der Waals surface area contributed by atoms with Crippen LogP contribution in [0.5, 0.6) is 0 Å². The zero-order valence-electron chi connectivity index (χ0n) is 12.0. The van der Waals surface area contributed by atoms with Crippen LogP contribution in [0.25, 0.3) is 11.5 Å². The van der Waals surface area contributed by atoms with E-state index in [2.05, 4.69) is 4.98 Å². The zero-order valence-corrected chi connectivity index (χ0v) is 13.6. The SMILES string of the molecule is O=[S@](Cc1cccc(Cl)c1)Cc1coc(-c2ccc(F)cc2)n1. The molecule has 118 valence electrons. The van der Waals surface area contributed by atoms with Crippen molar-refractivity contribution >= 4 is 22.4 Å². The molecule has 0 aliphatic carbocycles. The van der Waals surface area contributed by atoms with Gasteiger partial charge in [0.2, 0.25) is 5.89 Å². The van der Waals surface area contributed by atoms with E-state index < -0.39 is 10.8 Å². The molecule has 6 heteroatoms. The summed E-state index contributed by atoms with van der Waals surface area (Å²) in [5, 5.41) is 0.625. The maximum atomic E-state index is 12.9. The van der Waals surface area contributed by atoms with Gasteiger partial charge in [0, 0.05) is 27.1 Å². The molecule has 0 aliphatic rings. The number of hydrogen-bond donors (Lipinski definition) is 0. The number of rotatable bonds is 5. The quantitative estimate of drug-likeness (QED) is 0.677. The molecule has 1 heterocycles. The molecule has 2 aromatic carbocycles. The normalized spacial score (nSPS) is 12.3. The summed E-state index contributed by atoms with van der Waals surface area (Å²) in [4.78, 5) is 4.30. The molecule has 0 aliphatic heterocycles. The second-order valence-electron chi connectivity index (χ2n) is 5.01. The van der Waals surface area contributed by atoms with Crippen molar-refractivity contribution in [3.8, 4) is 11.5 Å². The highest BCUT2D eigenvalue weighted by Crippen LogP contribution is 2.20. The van der Waals surface area contributed by atoms with Crippen molar-refractivity contribution in [2.75, 3.05) is 0 Å². The third kappa shape index (κ3) is 4.27. The Morgan fingerprint density at radius 3 is 2.65 bits per heavy atom. The molecule has 3 nitrogen and oxygen atoms in total. The highest BCUT2D eigenvalue weighted by atomic mass is 35.5. The minimum absolute atomic E-state index is 0.289. The Labute approximate surface area is 140 Å². The van der Waals surface area contributed by atoms with Crippen molar-refractivity contribution in [2.45, 2.75) is 11.5 Å². The predicted octanol–water partition coefficient (Wildman–Crippen LogP) is 4.58. The molecule has 0 saturated carbocycles. The summed E-state index contributed by atoms with van der Waals surface area (Å²) >= 11 is 5.92. The fourth-order valence-corrected chi connectivity index (χ4v) is 3.46. The predicted molar refractivity (Wildman–Crippen MR) is 88.9 cm³/mol. The smallest absolute Gasteiger partial charge is 0.226 e. The zero-order chi connectivity index (χ0) is 16.2. The van der Waals surface area contributed by atoms with Crippen molar-refractivity contribution in [1.29, 1.82) is 0 Å². The van der Waals surface area contributed by atoms with Crippen LogP contribution in [0.2, 0.25) is 5.02 Å². The van der Waals surface area contributed by atoms with Gasteiger partial charge in [0.1, 0.15) is 12.1 Å². The Bertz CT molecular complexity index is 833. The minimum atomic E-state index is -1.12. The Kier molecular flexibility index (Phi) is 4.88. The van der Waals surface area contributed by atoms with Crippen LogP contribution in [0.15, 0.2) is 59.2 Å². The van der Waals surface area contributed by atoms with E-state index >= 15 is 0 Å². The minimum Gasteiger partial charge on any atom is -0.444 e. The lowest BCUT2D eigenvalue weighted by Crippen LogP contribution is -1.99. The fourth-order valence-electron chi connectivity index (χ4n) is 2.13. The molecule has 0 spiro atoms. The van der Waals surface area contributed by atoms with Gasteiger partial charge in [-0.1, -0.05) is 23.7 Å². The first-order valence-electron chi connectivity index (χ1n) is 6.90. The summed E-state index contributed by atoms with van der Waals surface area (Å²) in [6, 6.07) is 13.2. The third-order valence-electron chi connectivity index (χ3n) is 3.17. The summed E-state index contributed by atoms with van der Waals surface area (Å²) in [6.07, 6.45) is 1.48. The van der Waals surface area contributed by atoms with Crippen LogP contribution in [0.3, 0.4) is 0 Å². The van der Waals surface area contributed by atoms with Crippen LogP contribution in [0, 0.1) is 5.82 Å². The van der Waals surface area contributed by atoms with Gasteiger partial charge in [-0.05, 0) is 42.0 Å². The van der Waals surface area contributed by atoms with E-state index in [-0.39, 0.29) is 11.6 Å². The molecule has 3 rings (SSSR count). The number of nitrogens with zero attached hydrogens (tertiary/aromatic N) is 1. The summed E-state index contributed by atoms with van der Waals surface area (Å²) in [5.41, 5.74) is 2.20. The molecule has 0 bridgehead atoms. The first-order chi connectivity index (χ1) is 11.1. The van der Waals surface area contributed by atoms with Gasteiger partial charge in [-0.2, -0.15) is 0 Å². The second-order valence-corrected chi connectivity index (χ2v) is 6.90. The average molecular weight is 350 g/mol. The Hall–Kier alpha value is -1.98. The maximum Gasteiger partial charge on any atom is 0.226 e. The molecule has 0 unspecified atom stereocenters. The van der Waals surface area contributed by atoms with E-state index in [0.717, 1.165) is 5.56 Å². The Morgan fingerprint density at radius 1 is 1.13 bits per heavy atom. The van der Waals surface area contributed by atoms with Gasteiger partial charge in [0.15, 0.2) is 0 Å². The van der Waals surface area contributed by atoms with Crippen LogP contribution >= 0.6 is 11.6 Å². The van der Waals surface area contributed by atoms with Gasteiger partial charge in [-0.3, -0.25) is 4.21 Å². The van der Waals surface area contributed by atoms with Crippen LogP contribution in [-0.4, -0.2) is 9.19 Å². The number of aromatic nitrogens is 1. The van der Waals surface area contributed by atoms with E-state index in [1.807, 2.05) is 12.1 Å². The van der Waals surface area contributed by atoms with Crippen molar-refractivity contribution in [2.24, 2.45) is 0 Å².